The molecule has 1 saturated heterocycles. The van der Waals surface area contributed by atoms with Gasteiger partial charge in [-0.2, -0.15) is 4.31 Å². The van der Waals surface area contributed by atoms with Crippen molar-refractivity contribution >= 4 is 21.6 Å². The Morgan fingerprint density at radius 1 is 1.24 bits per heavy atom. The number of anilines is 1. The van der Waals surface area contributed by atoms with Crippen molar-refractivity contribution in [2.24, 2.45) is 0 Å². The van der Waals surface area contributed by atoms with Crippen LogP contribution in [-0.4, -0.2) is 38.3 Å². The molecule has 0 spiro atoms. The summed E-state index contributed by atoms with van der Waals surface area (Å²) in [6.07, 6.45) is 4.23. The van der Waals surface area contributed by atoms with Gasteiger partial charge in [-0.15, -0.1) is 0 Å². The van der Waals surface area contributed by atoms with E-state index in [9.17, 15) is 13.2 Å². The van der Waals surface area contributed by atoms with Gasteiger partial charge >= 0.3 is 0 Å². The van der Waals surface area contributed by atoms with Crippen LogP contribution in [0.3, 0.4) is 0 Å². The molecule has 0 atom stereocenters. The normalized spacial score (nSPS) is 15.5. The number of hydrogen-bond donors (Lipinski definition) is 1. The van der Waals surface area contributed by atoms with Gasteiger partial charge in [-0.25, -0.2) is 8.42 Å². The zero-order valence-corrected chi connectivity index (χ0v) is 15.9. The van der Waals surface area contributed by atoms with Gasteiger partial charge in [-0.1, -0.05) is 12.0 Å². The first-order chi connectivity index (χ1) is 11.8. The minimum Gasteiger partial charge on any atom is -0.492 e. The molecule has 1 aliphatic rings. The van der Waals surface area contributed by atoms with Crippen LogP contribution in [0.25, 0.3) is 0 Å². The maximum absolute atomic E-state index is 13.0. The molecule has 1 amide bonds. The van der Waals surface area contributed by atoms with Gasteiger partial charge in [-0.05, 0) is 51.8 Å². The van der Waals surface area contributed by atoms with Crippen LogP contribution in [0.1, 0.15) is 40.0 Å². The maximum Gasteiger partial charge on any atom is 0.248 e. The molecule has 7 heteroatoms. The lowest BCUT2D eigenvalue weighted by atomic mass is 10.2. The van der Waals surface area contributed by atoms with Crippen LogP contribution in [0.2, 0.25) is 0 Å². The minimum absolute atomic E-state index is 0.103. The van der Waals surface area contributed by atoms with Crippen LogP contribution in [0, 0.1) is 0 Å². The lowest BCUT2D eigenvalue weighted by Crippen LogP contribution is -2.35. The number of carbonyl (C=O) groups excluding carboxylic acids is 1. The molecule has 0 saturated carbocycles. The van der Waals surface area contributed by atoms with E-state index in [1.54, 1.807) is 12.1 Å². The Kier molecular flexibility index (Phi) is 6.61. The molecule has 6 nitrogen and oxygen atoms in total. The number of amides is 1. The number of nitrogens with zero attached hydrogens (tertiary/aromatic N) is 1. The Balaban J connectivity index is 2.37. The van der Waals surface area contributed by atoms with Gasteiger partial charge in [0, 0.05) is 24.9 Å². The van der Waals surface area contributed by atoms with Crippen molar-refractivity contribution in [3.63, 3.8) is 0 Å². The summed E-state index contributed by atoms with van der Waals surface area (Å²) in [5.41, 5.74) is 1.30. The van der Waals surface area contributed by atoms with E-state index in [2.05, 4.69) is 5.32 Å². The number of allylic oxidation sites excluding steroid dienone is 1. The number of rotatable bonds is 6. The molecule has 1 aliphatic heterocycles. The molecular formula is C18H26N2O4S. The fourth-order valence-electron chi connectivity index (χ4n) is 2.75. The van der Waals surface area contributed by atoms with E-state index in [4.69, 9.17) is 4.74 Å². The molecule has 0 unspecified atom stereocenters. The Labute approximate surface area is 149 Å². The van der Waals surface area contributed by atoms with Crippen molar-refractivity contribution in [3.8, 4) is 5.75 Å². The minimum atomic E-state index is -3.65. The topological polar surface area (TPSA) is 75.7 Å². The van der Waals surface area contributed by atoms with Crippen molar-refractivity contribution < 1.29 is 17.9 Å². The van der Waals surface area contributed by atoms with Crippen molar-refractivity contribution in [2.75, 3.05) is 25.0 Å². The first-order valence-electron chi connectivity index (χ1n) is 8.57. The lowest BCUT2D eigenvalue weighted by Gasteiger charge is -2.27. The summed E-state index contributed by atoms with van der Waals surface area (Å²) in [6, 6.07) is 4.72. The zero-order valence-electron chi connectivity index (χ0n) is 15.0. The van der Waals surface area contributed by atoms with Gasteiger partial charge in [-0.3, -0.25) is 4.79 Å². The lowest BCUT2D eigenvalue weighted by molar-refractivity contribution is -0.111. The molecule has 0 aliphatic carbocycles. The number of carbonyl (C=O) groups is 1. The number of benzene rings is 1. The fraction of sp³-hybridized carbons (Fsp3) is 0.500. The summed E-state index contributed by atoms with van der Waals surface area (Å²) in [6.45, 7) is 6.85. The van der Waals surface area contributed by atoms with Crippen LogP contribution in [-0.2, 0) is 14.8 Å². The fourth-order valence-corrected chi connectivity index (χ4v) is 4.42. The third-order valence-corrected chi connectivity index (χ3v) is 5.78. The molecule has 1 aromatic rings. The quantitative estimate of drug-likeness (QED) is 0.785. The van der Waals surface area contributed by atoms with E-state index < -0.39 is 10.0 Å². The highest BCUT2D eigenvalue weighted by atomic mass is 32.2. The number of sulfonamides is 1. The molecule has 1 heterocycles. The van der Waals surface area contributed by atoms with Crippen molar-refractivity contribution in [1.82, 2.24) is 4.31 Å². The molecule has 1 N–H and O–H groups in total. The SMILES string of the molecule is CCOc1ccc(NC(=O)C=C(C)C)cc1S(=O)(=O)N1CCCCC1. The highest BCUT2D eigenvalue weighted by molar-refractivity contribution is 7.89. The predicted octanol–water partition coefficient (Wildman–Crippen LogP) is 3.16. The van der Waals surface area contributed by atoms with Gasteiger partial charge in [0.1, 0.15) is 10.6 Å². The summed E-state index contributed by atoms with van der Waals surface area (Å²) >= 11 is 0. The largest absolute Gasteiger partial charge is 0.492 e. The van der Waals surface area contributed by atoms with Crippen LogP contribution >= 0.6 is 0 Å². The third kappa shape index (κ3) is 5.06. The second kappa shape index (κ2) is 8.49. The molecule has 0 aromatic heterocycles. The number of piperidine rings is 1. The van der Waals surface area contributed by atoms with Crippen molar-refractivity contribution in [2.45, 2.75) is 44.9 Å². The summed E-state index contributed by atoms with van der Waals surface area (Å²) in [5.74, 6) is 0.0266. The first-order valence-corrected chi connectivity index (χ1v) is 10.0. The number of ether oxygens (including phenoxy) is 1. The summed E-state index contributed by atoms with van der Waals surface area (Å²) in [7, 11) is -3.65. The van der Waals surface area contributed by atoms with Crippen LogP contribution in [0.15, 0.2) is 34.7 Å². The number of hydrogen-bond acceptors (Lipinski definition) is 4. The van der Waals surface area contributed by atoms with E-state index in [1.165, 1.54) is 16.4 Å². The highest BCUT2D eigenvalue weighted by Crippen LogP contribution is 2.31. The van der Waals surface area contributed by atoms with Gasteiger partial charge in [0.05, 0.1) is 6.61 Å². The van der Waals surface area contributed by atoms with E-state index in [0.29, 0.717) is 31.1 Å². The molecule has 0 bridgehead atoms. The van der Waals surface area contributed by atoms with Gasteiger partial charge in [0.25, 0.3) is 0 Å². The molecule has 1 fully saturated rings. The molecule has 2 rings (SSSR count). The average Bonchev–Trinajstić information content (AvgIpc) is 2.56. The average molecular weight is 366 g/mol. The van der Waals surface area contributed by atoms with Crippen molar-refractivity contribution in [3.05, 3.63) is 29.8 Å². The third-order valence-electron chi connectivity index (χ3n) is 3.86. The smallest absolute Gasteiger partial charge is 0.248 e. The monoisotopic (exact) mass is 366 g/mol. The summed E-state index contributed by atoms with van der Waals surface area (Å²) in [5, 5.41) is 2.70. The van der Waals surface area contributed by atoms with Gasteiger partial charge < -0.3 is 10.1 Å². The summed E-state index contributed by atoms with van der Waals surface area (Å²) < 4.78 is 33.0. The molecule has 25 heavy (non-hydrogen) atoms. The standard InChI is InChI=1S/C18H26N2O4S/c1-4-24-16-9-8-15(19-18(21)12-14(2)3)13-17(16)25(22,23)20-10-6-5-7-11-20/h8-9,12-13H,4-7,10-11H2,1-3H3,(H,19,21). The molecule has 1 aromatic carbocycles. The highest BCUT2D eigenvalue weighted by Gasteiger charge is 2.29. The first kappa shape index (κ1) is 19.5. The predicted molar refractivity (Wildman–Crippen MR) is 98.3 cm³/mol. The molecule has 0 radical (unpaired) electrons. The second-order valence-electron chi connectivity index (χ2n) is 6.27. The van der Waals surface area contributed by atoms with Crippen LogP contribution in [0.4, 0.5) is 5.69 Å². The Morgan fingerprint density at radius 2 is 1.92 bits per heavy atom. The van der Waals surface area contributed by atoms with Crippen LogP contribution < -0.4 is 10.1 Å². The molecule has 138 valence electrons. The van der Waals surface area contributed by atoms with Gasteiger partial charge in [0.2, 0.25) is 15.9 Å². The second-order valence-corrected chi connectivity index (χ2v) is 8.18. The van der Waals surface area contributed by atoms with Crippen LogP contribution in [0.5, 0.6) is 5.75 Å². The number of nitrogens with one attached hydrogen (secondary N) is 1. The van der Waals surface area contributed by atoms with Gasteiger partial charge in [0.15, 0.2) is 0 Å². The van der Waals surface area contributed by atoms with E-state index in [1.807, 2.05) is 20.8 Å². The Hall–Kier alpha value is -1.86. The summed E-state index contributed by atoms with van der Waals surface area (Å²) in [4.78, 5) is 12.0. The van der Waals surface area contributed by atoms with Crippen molar-refractivity contribution in [1.29, 1.82) is 0 Å². The zero-order chi connectivity index (χ0) is 18.4. The Bertz CT molecular complexity index is 746. The molecular weight excluding hydrogens is 340 g/mol. The maximum atomic E-state index is 13.0. The Morgan fingerprint density at radius 3 is 2.52 bits per heavy atom. The van der Waals surface area contributed by atoms with E-state index in [-0.39, 0.29) is 10.8 Å². The van der Waals surface area contributed by atoms with E-state index >= 15 is 0 Å². The van der Waals surface area contributed by atoms with E-state index in [0.717, 1.165) is 24.8 Å².